The molecule has 2 aliphatic rings. The number of carbonyl (C=O) groups excluding carboxylic acids is 2. The fourth-order valence-electron chi connectivity index (χ4n) is 3.32. The number of halogens is 1. The van der Waals surface area contributed by atoms with Gasteiger partial charge in [-0.2, -0.15) is 0 Å². The summed E-state index contributed by atoms with van der Waals surface area (Å²) < 4.78 is 0.970. The lowest BCUT2D eigenvalue weighted by molar-refractivity contribution is -0.123. The molecule has 0 radical (unpaired) electrons. The molecular weight excluding hydrogens is 424 g/mol. The lowest BCUT2D eigenvalue weighted by Gasteiger charge is -2.17. The van der Waals surface area contributed by atoms with Gasteiger partial charge in [0.05, 0.1) is 11.4 Å². The van der Waals surface area contributed by atoms with E-state index in [1.54, 1.807) is 6.08 Å². The third-order valence-corrected chi connectivity index (χ3v) is 6.23. The maximum Gasteiger partial charge on any atom is 0.293 e. The van der Waals surface area contributed by atoms with Gasteiger partial charge in [-0.1, -0.05) is 40.2 Å². The molecule has 2 aromatic rings. The first-order valence-corrected chi connectivity index (χ1v) is 10.6. The average molecular weight is 443 g/mol. The minimum atomic E-state index is -0.225. The van der Waals surface area contributed by atoms with Crippen molar-refractivity contribution in [3.05, 3.63) is 69.0 Å². The van der Waals surface area contributed by atoms with Crippen molar-refractivity contribution in [2.75, 3.05) is 18.0 Å². The summed E-state index contributed by atoms with van der Waals surface area (Å²) in [5, 5.41) is -0.220. The van der Waals surface area contributed by atoms with E-state index >= 15 is 0 Å². The molecule has 2 aliphatic heterocycles. The third kappa shape index (κ3) is 4.12. The Morgan fingerprint density at radius 2 is 1.63 bits per heavy atom. The van der Waals surface area contributed by atoms with E-state index < -0.39 is 0 Å². The number of amides is 2. The molecule has 6 heteroatoms. The van der Waals surface area contributed by atoms with Gasteiger partial charge in [-0.3, -0.25) is 14.5 Å². The van der Waals surface area contributed by atoms with Crippen LogP contribution in [-0.2, 0) is 11.3 Å². The number of nitrogens with zero attached hydrogens (tertiary/aromatic N) is 2. The number of imide groups is 1. The SMILES string of the molecule is O=C1S/C(=C\c2ccc(N3CCCC3)cc2)C(=O)N1Cc1ccc(Br)cc1. The zero-order chi connectivity index (χ0) is 18.8. The number of hydrogen-bond acceptors (Lipinski definition) is 4. The highest BCUT2D eigenvalue weighted by molar-refractivity contribution is 9.10. The molecule has 4 nitrogen and oxygen atoms in total. The zero-order valence-electron chi connectivity index (χ0n) is 14.7. The highest BCUT2D eigenvalue weighted by Crippen LogP contribution is 2.33. The number of benzene rings is 2. The van der Waals surface area contributed by atoms with E-state index in [4.69, 9.17) is 0 Å². The summed E-state index contributed by atoms with van der Waals surface area (Å²) >= 11 is 4.40. The first-order chi connectivity index (χ1) is 13.1. The van der Waals surface area contributed by atoms with Crippen molar-refractivity contribution < 1.29 is 9.59 Å². The smallest absolute Gasteiger partial charge is 0.293 e. The molecule has 27 heavy (non-hydrogen) atoms. The Kier molecular flexibility index (Phi) is 5.36. The Morgan fingerprint density at radius 1 is 0.963 bits per heavy atom. The van der Waals surface area contributed by atoms with E-state index in [1.807, 2.05) is 36.4 Å². The summed E-state index contributed by atoms with van der Waals surface area (Å²) in [6, 6.07) is 15.8. The van der Waals surface area contributed by atoms with Crippen LogP contribution < -0.4 is 4.90 Å². The van der Waals surface area contributed by atoms with Crippen LogP contribution in [0, 0.1) is 0 Å². The molecule has 2 aromatic carbocycles. The van der Waals surface area contributed by atoms with Crippen molar-refractivity contribution >= 4 is 50.6 Å². The van der Waals surface area contributed by atoms with Crippen LogP contribution in [0.15, 0.2) is 57.9 Å². The molecule has 0 aliphatic carbocycles. The Labute approximate surface area is 171 Å². The second kappa shape index (κ2) is 7.90. The Morgan fingerprint density at radius 3 is 2.30 bits per heavy atom. The standard InChI is InChI=1S/C21H19BrN2O2S/c22-17-7-3-16(4-8-17)14-24-20(25)19(27-21(24)26)13-15-5-9-18(10-6-15)23-11-1-2-12-23/h3-10,13H,1-2,11-12,14H2/b19-13-. The van der Waals surface area contributed by atoms with Crippen molar-refractivity contribution in [1.82, 2.24) is 4.90 Å². The van der Waals surface area contributed by atoms with Gasteiger partial charge < -0.3 is 4.90 Å². The second-order valence-electron chi connectivity index (χ2n) is 6.68. The summed E-state index contributed by atoms with van der Waals surface area (Å²) in [7, 11) is 0. The van der Waals surface area contributed by atoms with Crippen LogP contribution in [0.2, 0.25) is 0 Å². The number of rotatable bonds is 4. The monoisotopic (exact) mass is 442 g/mol. The quantitative estimate of drug-likeness (QED) is 0.603. The van der Waals surface area contributed by atoms with Crippen LogP contribution in [0.4, 0.5) is 10.5 Å². The molecular formula is C21H19BrN2O2S. The van der Waals surface area contributed by atoms with Gasteiger partial charge in [0.1, 0.15) is 0 Å². The van der Waals surface area contributed by atoms with E-state index in [1.165, 1.54) is 23.4 Å². The highest BCUT2D eigenvalue weighted by Gasteiger charge is 2.34. The topological polar surface area (TPSA) is 40.6 Å². The fraction of sp³-hybridized carbons (Fsp3) is 0.238. The number of thioether (sulfide) groups is 1. The summed E-state index contributed by atoms with van der Waals surface area (Å²) in [4.78, 5) is 29.1. The van der Waals surface area contributed by atoms with Gasteiger partial charge in [-0.25, -0.2) is 0 Å². The van der Waals surface area contributed by atoms with Crippen LogP contribution >= 0.6 is 27.7 Å². The summed E-state index contributed by atoms with van der Waals surface area (Å²) in [6.45, 7) is 2.51. The van der Waals surface area contributed by atoms with Gasteiger partial charge in [-0.15, -0.1) is 0 Å². The molecule has 2 amide bonds. The first-order valence-electron chi connectivity index (χ1n) is 8.95. The molecule has 0 bridgehead atoms. The molecule has 0 N–H and O–H groups in total. The summed E-state index contributed by atoms with van der Waals surface area (Å²) in [5.74, 6) is -0.225. The van der Waals surface area contributed by atoms with Crippen molar-refractivity contribution in [2.45, 2.75) is 19.4 Å². The van der Waals surface area contributed by atoms with Gasteiger partial charge >= 0.3 is 0 Å². The molecule has 0 aromatic heterocycles. The molecule has 4 rings (SSSR count). The van der Waals surface area contributed by atoms with Gasteiger partial charge in [0.25, 0.3) is 11.1 Å². The maximum atomic E-state index is 12.7. The third-order valence-electron chi connectivity index (χ3n) is 4.79. The van der Waals surface area contributed by atoms with Crippen LogP contribution in [-0.4, -0.2) is 29.1 Å². The Bertz CT molecular complexity index is 887. The lowest BCUT2D eigenvalue weighted by atomic mass is 10.1. The van der Waals surface area contributed by atoms with Crippen LogP contribution in [0.5, 0.6) is 0 Å². The molecule has 2 fully saturated rings. The summed E-state index contributed by atoms with van der Waals surface area (Å²) in [6.07, 6.45) is 4.29. The molecule has 138 valence electrons. The van der Waals surface area contributed by atoms with E-state index in [-0.39, 0.29) is 11.1 Å². The minimum Gasteiger partial charge on any atom is -0.372 e. The average Bonchev–Trinajstić information content (AvgIpc) is 3.29. The van der Waals surface area contributed by atoms with E-state index in [9.17, 15) is 9.59 Å². The number of carbonyl (C=O) groups is 2. The zero-order valence-corrected chi connectivity index (χ0v) is 17.1. The minimum absolute atomic E-state index is 0.220. The molecule has 0 saturated carbocycles. The largest absolute Gasteiger partial charge is 0.372 e. The molecule has 0 unspecified atom stereocenters. The van der Waals surface area contributed by atoms with E-state index in [2.05, 4.69) is 33.0 Å². The summed E-state index contributed by atoms with van der Waals surface area (Å²) in [5.41, 5.74) is 3.08. The van der Waals surface area contributed by atoms with Crippen LogP contribution in [0.25, 0.3) is 6.08 Å². The van der Waals surface area contributed by atoms with Gasteiger partial charge in [0, 0.05) is 23.2 Å². The normalized spacial score (nSPS) is 18.8. The number of hydrogen-bond donors (Lipinski definition) is 0. The predicted molar refractivity (Wildman–Crippen MR) is 114 cm³/mol. The van der Waals surface area contributed by atoms with Crippen molar-refractivity contribution in [1.29, 1.82) is 0 Å². The van der Waals surface area contributed by atoms with Crippen molar-refractivity contribution in [3.8, 4) is 0 Å². The molecule has 2 heterocycles. The van der Waals surface area contributed by atoms with Crippen LogP contribution in [0.1, 0.15) is 24.0 Å². The highest BCUT2D eigenvalue weighted by atomic mass is 79.9. The lowest BCUT2D eigenvalue weighted by Crippen LogP contribution is -2.27. The fourth-order valence-corrected chi connectivity index (χ4v) is 4.42. The van der Waals surface area contributed by atoms with Gasteiger partial charge in [-0.05, 0) is 66.1 Å². The van der Waals surface area contributed by atoms with Crippen molar-refractivity contribution in [2.24, 2.45) is 0 Å². The van der Waals surface area contributed by atoms with E-state index in [0.717, 1.165) is 40.5 Å². The van der Waals surface area contributed by atoms with Crippen LogP contribution in [0.3, 0.4) is 0 Å². The maximum absolute atomic E-state index is 12.7. The first kappa shape index (κ1) is 18.3. The van der Waals surface area contributed by atoms with E-state index in [0.29, 0.717) is 11.4 Å². The Balaban J connectivity index is 1.48. The predicted octanol–water partition coefficient (Wildman–Crippen LogP) is 5.29. The van der Waals surface area contributed by atoms with Gasteiger partial charge in [0.15, 0.2) is 0 Å². The number of anilines is 1. The second-order valence-corrected chi connectivity index (χ2v) is 8.59. The molecule has 0 spiro atoms. The molecule has 0 atom stereocenters. The van der Waals surface area contributed by atoms with Crippen molar-refractivity contribution in [3.63, 3.8) is 0 Å². The Hall–Kier alpha value is -2.05. The van der Waals surface area contributed by atoms with Gasteiger partial charge in [0.2, 0.25) is 0 Å². The molecule has 2 saturated heterocycles.